The van der Waals surface area contributed by atoms with E-state index < -0.39 is 17.9 Å². The van der Waals surface area contributed by atoms with Crippen molar-refractivity contribution >= 4 is 23.5 Å². The molecule has 1 N–H and O–H groups in total. The maximum atomic E-state index is 12.8. The van der Waals surface area contributed by atoms with Crippen molar-refractivity contribution < 1.29 is 29.0 Å². The number of nitrogens with zero attached hydrogens (tertiary/aromatic N) is 2. The van der Waals surface area contributed by atoms with E-state index in [2.05, 4.69) is 0 Å². The summed E-state index contributed by atoms with van der Waals surface area (Å²) in [7, 11) is 3.04. The van der Waals surface area contributed by atoms with Crippen molar-refractivity contribution in [3.05, 3.63) is 18.2 Å². The number of hydrogen-bond donors (Lipinski definition) is 1. The Bertz CT molecular complexity index is 734. The van der Waals surface area contributed by atoms with Gasteiger partial charge in [-0.05, 0) is 25.0 Å². The van der Waals surface area contributed by atoms with Crippen molar-refractivity contribution in [1.29, 1.82) is 0 Å². The van der Waals surface area contributed by atoms with E-state index in [1.165, 1.54) is 16.9 Å². The molecule has 1 aromatic rings. The van der Waals surface area contributed by atoms with Crippen LogP contribution in [0.1, 0.15) is 19.3 Å². The molecule has 0 saturated carbocycles. The molecule has 2 heterocycles. The summed E-state index contributed by atoms with van der Waals surface area (Å²) in [5.41, 5.74) is 0.574. The van der Waals surface area contributed by atoms with Gasteiger partial charge in [0, 0.05) is 25.6 Å². The van der Waals surface area contributed by atoms with Gasteiger partial charge in [0.2, 0.25) is 11.8 Å². The number of methoxy groups -OCH3 is 2. The third-order valence-electron chi connectivity index (χ3n) is 4.97. The van der Waals surface area contributed by atoms with Crippen molar-refractivity contribution in [3.8, 4) is 11.5 Å². The molecule has 2 amide bonds. The topological polar surface area (TPSA) is 96.4 Å². The van der Waals surface area contributed by atoms with Crippen molar-refractivity contribution in [2.24, 2.45) is 5.92 Å². The van der Waals surface area contributed by atoms with E-state index in [0.717, 1.165) is 0 Å². The minimum absolute atomic E-state index is 0.0663. The fourth-order valence-corrected chi connectivity index (χ4v) is 3.64. The van der Waals surface area contributed by atoms with Crippen LogP contribution in [0, 0.1) is 5.92 Å². The Morgan fingerprint density at radius 3 is 2.65 bits per heavy atom. The van der Waals surface area contributed by atoms with Crippen LogP contribution < -0.4 is 14.4 Å². The van der Waals surface area contributed by atoms with Gasteiger partial charge in [0.25, 0.3) is 0 Å². The Morgan fingerprint density at radius 2 is 2.00 bits per heavy atom. The summed E-state index contributed by atoms with van der Waals surface area (Å²) < 4.78 is 10.5. The highest BCUT2D eigenvalue weighted by molar-refractivity contribution is 6.02. The summed E-state index contributed by atoms with van der Waals surface area (Å²) in [6.07, 6.45) is 1.19. The number of hydrogen-bond acceptors (Lipinski definition) is 5. The van der Waals surface area contributed by atoms with Crippen LogP contribution in [-0.2, 0) is 14.4 Å². The highest BCUT2D eigenvalue weighted by Gasteiger charge is 2.42. The number of rotatable bonds is 5. The molecule has 0 radical (unpaired) electrons. The van der Waals surface area contributed by atoms with Crippen molar-refractivity contribution in [2.45, 2.75) is 25.3 Å². The third-order valence-corrected chi connectivity index (χ3v) is 4.97. The highest BCUT2D eigenvalue weighted by Crippen LogP contribution is 2.36. The Labute approximate surface area is 151 Å². The summed E-state index contributed by atoms with van der Waals surface area (Å²) in [6, 6.07) is 4.33. The van der Waals surface area contributed by atoms with Gasteiger partial charge in [0.05, 0.1) is 25.8 Å². The lowest BCUT2D eigenvalue weighted by Gasteiger charge is -2.25. The van der Waals surface area contributed by atoms with E-state index in [1.54, 1.807) is 25.3 Å². The molecule has 0 bridgehead atoms. The molecular formula is C18H22N2O6. The zero-order valence-corrected chi connectivity index (χ0v) is 14.8. The average Bonchev–Trinajstić information content (AvgIpc) is 3.27. The van der Waals surface area contributed by atoms with Gasteiger partial charge >= 0.3 is 5.97 Å². The number of carboxylic acids is 1. The summed E-state index contributed by atoms with van der Waals surface area (Å²) in [5, 5.41) is 9.28. The molecule has 2 saturated heterocycles. The molecule has 0 unspecified atom stereocenters. The van der Waals surface area contributed by atoms with Crippen LogP contribution in [0.25, 0.3) is 0 Å². The monoisotopic (exact) mass is 362 g/mol. The molecule has 8 nitrogen and oxygen atoms in total. The number of benzene rings is 1. The molecule has 2 atom stereocenters. The Kier molecular flexibility index (Phi) is 5.01. The Balaban J connectivity index is 1.79. The molecule has 1 aromatic carbocycles. The van der Waals surface area contributed by atoms with Gasteiger partial charge in [-0.3, -0.25) is 9.59 Å². The minimum atomic E-state index is -0.992. The van der Waals surface area contributed by atoms with Gasteiger partial charge < -0.3 is 24.4 Å². The molecule has 0 spiro atoms. The van der Waals surface area contributed by atoms with Crippen LogP contribution in [0.5, 0.6) is 11.5 Å². The first-order valence-corrected chi connectivity index (χ1v) is 8.52. The van der Waals surface area contributed by atoms with Crippen LogP contribution in [0.2, 0.25) is 0 Å². The summed E-state index contributed by atoms with van der Waals surface area (Å²) >= 11 is 0. The molecule has 2 fully saturated rings. The van der Waals surface area contributed by atoms with Crippen molar-refractivity contribution in [2.75, 3.05) is 32.2 Å². The highest BCUT2D eigenvalue weighted by atomic mass is 16.5. The van der Waals surface area contributed by atoms with E-state index in [9.17, 15) is 19.5 Å². The van der Waals surface area contributed by atoms with E-state index in [-0.39, 0.29) is 24.8 Å². The molecular weight excluding hydrogens is 340 g/mol. The number of carbonyl (C=O) groups is 3. The number of carboxylic acid groups (broad SMARTS) is 1. The second-order valence-corrected chi connectivity index (χ2v) is 6.47. The number of aliphatic carboxylic acids is 1. The number of amides is 2. The number of likely N-dealkylation sites (tertiary alicyclic amines) is 1. The predicted octanol–water partition coefficient (Wildman–Crippen LogP) is 1.13. The fraction of sp³-hybridized carbons (Fsp3) is 0.500. The Hall–Kier alpha value is -2.77. The van der Waals surface area contributed by atoms with Crippen LogP contribution in [0.15, 0.2) is 18.2 Å². The van der Waals surface area contributed by atoms with E-state index in [1.807, 2.05) is 0 Å². The summed E-state index contributed by atoms with van der Waals surface area (Å²) in [6.45, 7) is 0.634. The molecule has 2 aliphatic rings. The summed E-state index contributed by atoms with van der Waals surface area (Å²) in [5.74, 6) is -0.902. The summed E-state index contributed by atoms with van der Waals surface area (Å²) in [4.78, 5) is 39.5. The van der Waals surface area contributed by atoms with Gasteiger partial charge in [-0.15, -0.1) is 0 Å². The molecule has 8 heteroatoms. The van der Waals surface area contributed by atoms with Gasteiger partial charge in [-0.2, -0.15) is 0 Å². The maximum absolute atomic E-state index is 12.8. The van der Waals surface area contributed by atoms with Crippen molar-refractivity contribution in [3.63, 3.8) is 0 Å². The van der Waals surface area contributed by atoms with Gasteiger partial charge in [-0.25, -0.2) is 4.79 Å². The lowest BCUT2D eigenvalue weighted by Crippen LogP contribution is -2.44. The zero-order chi connectivity index (χ0) is 18.8. The van der Waals surface area contributed by atoms with Gasteiger partial charge in [-0.1, -0.05) is 0 Å². The number of ether oxygens (including phenoxy) is 2. The Morgan fingerprint density at radius 1 is 1.23 bits per heavy atom. The number of anilines is 1. The quantitative estimate of drug-likeness (QED) is 0.844. The first kappa shape index (κ1) is 18.0. The lowest BCUT2D eigenvalue weighted by atomic mass is 10.1. The second-order valence-electron chi connectivity index (χ2n) is 6.47. The average molecular weight is 362 g/mol. The van der Waals surface area contributed by atoms with E-state index in [0.29, 0.717) is 36.6 Å². The molecule has 3 rings (SSSR count). The minimum Gasteiger partial charge on any atom is -0.497 e. The van der Waals surface area contributed by atoms with Crippen LogP contribution in [-0.4, -0.2) is 61.1 Å². The lowest BCUT2D eigenvalue weighted by molar-refractivity contribution is -0.149. The molecule has 26 heavy (non-hydrogen) atoms. The molecule has 140 valence electrons. The van der Waals surface area contributed by atoms with Crippen LogP contribution in [0.3, 0.4) is 0 Å². The maximum Gasteiger partial charge on any atom is 0.326 e. The van der Waals surface area contributed by atoms with E-state index in [4.69, 9.17) is 9.47 Å². The predicted molar refractivity (Wildman–Crippen MR) is 92.4 cm³/mol. The third kappa shape index (κ3) is 3.18. The van der Waals surface area contributed by atoms with Gasteiger partial charge in [0.1, 0.15) is 17.5 Å². The number of carbonyl (C=O) groups excluding carboxylic acids is 2. The first-order valence-electron chi connectivity index (χ1n) is 8.52. The van der Waals surface area contributed by atoms with Crippen LogP contribution in [0.4, 0.5) is 5.69 Å². The second kappa shape index (κ2) is 7.23. The normalized spacial score (nSPS) is 22.6. The van der Waals surface area contributed by atoms with Crippen LogP contribution >= 0.6 is 0 Å². The smallest absolute Gasteiger partial charge is 0.326 e. The fourth-order valence-electron chi connectivity index (χ4n) is 3.64. The SMILES string of the molecule is COc1ccc(N2C[C@@H](C(=O)N3CCC[C@@H]3C(=O)O)CC2=O)c(OC)c1. The largest absolute Gasteiger partial charge is 0.497 e. The standard InChI is InChI=1S/C18H22N2O6/c1-25-12-5-6-13(15(9-12)26-2)20-10-11(8-16(20)21)17(22)19-7-3-4-14(19)18(23)24/h5-6,9,11,14H,3-4,7-8,10H2,1-2H3,(H,23,24)/t11-,14+/m0/s1. The molecule has 0 aliphatic carbocycles. The molecule has 2 aliphatic heterocycles. The molecule has 0 aromatic heterocycles. The first-order chi connectivity index (χ1) is 12.5. The van der Waals surface area contributed by atoms with E-state index >= 15 is 0 Å². The van der Waals surface area contributed by atoms with Gasteiger partial charge in [0.15, 0.2) is 0 Å². The van der Waals surface area contributed by atoms with Crippen molar-refractivity contribution in [1.82, 2.24) is 4.90 Å². The zero-order valence-electron chi connectivity index (χ0n) is 14.8.